The van der Waals surface area contributed by atoms with Crippen LogP contribution in [0.25, 0.3) is 0 Å². The molecule has 3 heteroatoms. The number of benzene rings is 2. The molecule has 2 rings (SSSR count). The molecule has 0 spiro atoms. The highest BCUT2D eigenvalue weighted by atomic mass is 31.2. The van der Waals surface area contributed by atoms with Gasteiger partial charge >= 0.3 is 0 Å². The van der Waals surface area contributed by atoms with E-state index < -0.39 is 7.29 Å². The molecule has 0 heterocycles. The lowest BCUT2D eigenvalue weighted by Gasteiger charge is -2.27. The van der Waals surface area contributed by atoms with Gasteiger partial charge in [-0.3, -0.25) is 9.65 Å². The number of nitrogens with one attached hydrogen (secondary N) is 1. The van der Waals surface area contributed by atoms with Gasteiger partial charge in [0.2, 0.25) is 7.29 Å². The highest BCUT2D eigenvalue weighted by molar-refractivity contribution is 7.76. The Hall–Kier alpha value is -1.63. The molecule has 128 valence electrons. The molecule has 0 unspecified atom stereocenters. The minimum atomic E-state index is -2.83. The summed E-state index contributed by atoms with van der Waals surface area (Å²) in [5.74, 6) is 0. The highest BCUT2D eigenvalue weighted by Crippen LogP contribution is 2.40. The van der Waals surface area contributed by atoms with Gasteiger partial charge in [-0.1, -0.05) is 55.8 Å². The van der Waals surface area contributed by atoms with Crippen molar-refractivity contribution in [1.82, 2.24) is 5.09 Å². The highest BCUT2D eigenvalue weighted by Gasteiger charge is 2.29. The first-order chi connectivity index (χ1) is 11.7. The molecule has 2 aromatic carbocycles. The topological polar surface area (TPSA) is 29.1 Å². The summed E-state index contributed by atoms with van der Waals surface area (Å²) < 4.78 is 14.0. The normalized spacial score (nSPS) is 12.7. The van der Waals surface area contributed by atoms with Gasteiger partial charge in [0.05, 0.1) is 0 Å². The van der Waals surface area contributed by atoms with Crippen molar-refractivity contribution in [1.29, 1.82) is 0 Å². The molecule has 1 N–H and O–H groups in total. The van der Waals surface area contributed by atoms with Crippen LogP contribution in [0.15, 0.2) is 73.3 Å². The van der Waals surface area contributed by atoms with Gasteiger partial charge in [-0.15, -0.1) is 6.58 Å². The van der Waals surface area contributed by atoms with E-state index in [-0.39, 0.29) is 6.04 Å². The van der Waals surface area contributed by atoms with E-state index in [2.05, 4.69) is 18.6 Å². The molecule has 0 aliphatic heterocycles. The Kier molecular flexibility index (Phi) is 7.49. The average Bonchev–Trinajstić information content (AvgIpc) is 2.63. The van der Waals surface area contributed by atoms with Crippen molar-refractivity contribution in [2.75, 3.05) is 0 Å². The molecule has 0 fully saturated rings. The maximum absolute atomic E-state index is 14.0. The molecule has 0 amide bonds. The van der Waals surface area contributed by atoms with Crippen molar-refractivity contribution in [3.8, 4) is 0 Å². The molecule has 2 nitrogen and oxygen atoms in total. The maximum Gasteiger partial charge on any atom is 0.204 e. The van der Waals surface area contributed by atoms with Crippen LogP contribution in [0.4, 0.5) is 0 Å². The zero-order chi connectivity index (χ0) is 17.3. The van der Waals surface area contributed by atoms with E-state index in [1.807, 2.05) is 66.7 Å². The fourth-order valence-electron chi connectivity index (χ4n) is 2.96. The first-order valence-electron chi connectivity index (χ1n) is 8.80. The van der Waals surface area contributed by atoms with Crippen LogP contribution in [0.2, 0.25) is 0 Å². The van der Waals surface area contributed by atoms with E-state index in [0.29, 0.717) is 0 Å². The van der Waals surface area contributed by atoms with Gasteiger partial charge in [-0.2, -0.15) is 0 Å². The van der Waals surface area contributed by atoms with Crippen LogP contribution in [0, 0.1) is 0 Å². The van der Waals surface area contributed by atoms with Crippen molar-refractivity contribution in [2.45, 2.75) is 45.1 Å². The Balaban J connectivity index is 2.32. The number of allylic oxidation sites excluding steroid dienone is 1. The van der Waals surface area contributed by atoms with Crippen molar-refractivity contribution in [2.24, 2.45) is 0 Å². The van der Waals surface area contributed by atoms with E-state index >= 15 is 0 Å². The van der Waals surface area contributed by atoms with Gasteiger partial charge in [0, 0.05) is 16.7 Å². The minimum absolute atomic E-state index is 0.251. The third-order valence-corrected chi connectivity index (χ3v) is 6.98. The lowest BCUT2D eigenvalue weighted by atomic mass is 10.1. The molecule has 2 aromatic rings. The predicted octanol–water partition coefficient (Wildman–Crippen LogP) is 5.03. The van der Waals surface area contributed by atoms with Gasteiger partial charge in [0.25, 0.3) is 0 Å². The summed E-state index contributed by atoms with van der Waals surface area (Å²) in [6, 6.07) is 19.9. The second-order valence-electron chi connectivity index (χ2n) is 6.11. The van der Waals surface area contributed by atoms with Gasteiger partial charge in [0.1, 0.15) is 0 Å². The van der Waals surface area contributed by atoms with E-state index in [9.17, 15) is 4.57 Å². The van der Waals surface area contributed by atoms with Crippen LogP contribution in [0.1, 0.15) is 39.0 Å². The Labute approximate surface area is 146 Å². The second kappa shape index (κ2) is 9.61. The molecular weight excluding hydrogens is 313 g/mol. The Morgan fingerprint density at radius 2 is 1.54 bits per heavy atom. The van der Waals surface area contributed by atoms with E-state index in [0.717, 1.165) is 42.7 Å². The van der Waals surface area contributed by atoms with Crippen LogP contribution in [0.3, 0.4) is 0 Å². The first-order valence-corrected chi connectivity index (χ1v) is 10.5. The smallest absolute Gasteiger partial charge is 0.204 e. The van der Waals surface area contributed by atoms with Gasteiger partial charge in [0.15, 0.2) is 0 Å². The average molecular weight is 341 g/mol. The summed E-state index contributed by atoms with van der Waals surface area (Å²) in [6.07, 6.45) is 7.16. The van der Waals surface area contributed by atoms with E-state index in [1.165, 1.54) is 0 Å². The SMILES string of the molecule is C=CCCC[C@H](CCC)NP(=O)(c1ccccc1)c1ccccc1. The minimum Gasteiger partial charge on any atom is -0.297 e. The van der Waals surface area contributed by atoms with Gasteiger partial charge < -0.3 is 0 Å². The fourth-order valence-corrected chi connectivity index (χ4v) is 5.51. The maximum atomic E-state index is 14.0. The van der Waals surface area contributed by atoms with Crippen LogP contribution < -0.4 is 15.7 Å². The van der Waals surface area contributed by atoms with Crippen molar-refractivity contribution in [3.63, 3.8) is 0 Å². The molecule has 1 atom stereocenters. The Bertz CT molecular complexity index is 611. The molecule has 24 heavy (non-hydrogen) atoms. The number of unbranched alkanes of at least 4 members (excludes halogenated alkanes) is 1. The number of rotatable bonds is 10. The molecule has 0 radical (unpaired) electrons. The van der Waals surface area contributed by atoms with Crippen LogP contribution in [0.5, 0.6) is 0 Å². The van der Waals surface area contributed by atoms with Crippen LogP contribution in [-0.4, -0.2) is 6.04 Å². The monoisotopic (exact) mass is 341 g/mol. The van der Waals surface area contributed by atoms with Crippen LogP contribution in [-0.2, 0) is 4.57 Å². The summed E-state index contributed by atoms with van der Waals surface area (Å²) >= 11 is 0. The van der Waals surface area contributed by atoms with E-state index in [1.54, 1.807) is 0 Å². The summed E-state index contributed by atoms with van der Waals surface area (Å²) in [6.45, 7) is 5.98. The fraction of sp³-hybridized carbons (Fsp3) is 0.333. The largest absolute Gasteiger partial charge is 0.297 e. The zero-order valence-corrected chi connectivity index (χ0v) is 15.4. The van der Waals surface area contributed by atoms with E-state index in [4.69, 9.17) is 0 Å². The molecular formula is C21H28NOP. The predicted molar refractivity (Wildman–Crippen MR) is 106 cm³/mol. The molecule has 0 aliphatic carbocycles. The molecule has 0 saturated heterocycles. The second-order valence-corrected chi connectivity index (χ2v) is 8.62. The van der Waals surface area contributed by atoms with Crippen molar-refractivity contribution < 1.29 is 4.57 Å². The lowest BCUT2D eigenvalue weighted by Crippen LogP contribution is -2.35. The van der Waals surface area contributed by atoms with Gasteiger partial charge in [-0.25, -0.2) is 0 Å². The first kappa shape index (κ1) is 18.7. The third-order valence-electron chi connectivity index (χ3n) is 4.20. The molecule has 0 aliphatic rings. The number of hydrogen-bond acceptors (Lipinski definition) is 1. The summed E-state index contributed by atoms with van der Waals surface area (Å²) in [7, 11) is -2.83. The van der Waals surface area contributed by atoms with Crippen LogP contribution >= 0.6 is 7.29 Å². The standard InChI is InChI=1S/C21H28NOP/c1-3-5-8-14-19(13-4-2)22-24(23,20-15-9-6-10-16-20)21-17-11-7-12-18-21/h3,6-7,9-12,15-19H,1,4-5,8,13-14H2,2H3,(H,22,23)/t19-/m0/s1. The lowest BCUT2D eigenvalue weighted by molar-refractivity contribution is 0.493. The number of hydrogen-bond donors (Lipinski definition) is 1. The zero-order valence-electron chi connectivity index (χ0n) is 14.5. The molecule has 0 bridgehead atoms. The Morgan fingerprint density at radius 3 is 2.00 bits per heavy atom. The third kappa shape index (κ3) is 4.93. The molecule has 0 aromatic heterocycles. The van der Waals surface area contributed by atoms with Gasteiger partial charge in [-0.05, 0) is 49.9 Å². The van der Waals surface area contributed by atoms with Crippen molar-refractivity contribution >= 4 is 17.9 Å². The van der Waals surface area contributed by atoms with Crippen molar-refractivity contribution in [3.05, 3.63) is 73.3 Å². The summed E-state index contributed by atoms with van der Waals surface area (Å²) in [5, 5.41) is 5.30. The summed E-state index contributed by atoms with van der Waals surface area (Å²) in [4.78, 5) is 0. The quantitative estimate of drug-likeness (QED) is 0.373. The molecule has 0 saturated carbocycles. The summed E-state index contributed by atoms with van der Waals surface area (Å²) in [5.41, 5.74) is 0. The Morgan fingerprint density at radius 1 is 1.00 bits per heavy atom.